The number of nitrogens with zero attached hydrogens (tertiary/aromatic N) is 1. The third-order valence-corrected chi connectivity index (χ3v) is 5.82. The normalized spacial score (nSPS) is 10.7. The van der Waals surface area contributed by atoms with Crippen LogP contribution in [-0.4, -0.2) is 23.4 Å². The Balaban J connectivity index is 1.61. The zero-order valence-electron chi connectivity index (χ0n) is 18.2. The van der Waals surface area contributed by atoms with Crippen LogP contribution in [0.3, 0.4) is 0 Å². The first-order valence-corrected chi connectivity index (χ1v) is 11.1. The van der Waals surface area contributed by atoms with E-state index in [0.29, 0.717) is 23.7 Å². The topological polar surface area (TPSA) is 80.3 Å². The average molecular weight is 438 g/mol. The van der Waals surface area contributed by atoms with E-state index >= 15 is 0 Å². The number of nitrogens with one attached hydrogen (secondary N) is 2. The zero-order valence-corrected chi connectivity index (χ0v) is 19.0. The van der Waals surface area contributed by atoms with Gasteiger partial charge in [0.05, 0.1) is 12.3 Å². The molecule has 1 heterocycles. The van der Waals surface area contributed by atoms with E-state index in [4.69, 9.17) is 4.74 Å². The van der Waals surface area contributed by atoms with Crippen molar-refractivity contribution >= 4 is 28.8 Å². The van der Waals surface area contributed by atoms with Crippen molar-refractivity contribution < 1.29 is 14.3 Å². The van der Waals surface area contributed by atoms with Crippen molar-refractivity contribution in [1.82, 2.24) is 10.3 Å². The van der Waals surface area contributed by atoms with Crippen LogP contribution in [0, 0.1) is 12.8 Å². The molecule has 2 amide bonds. The van der Waals surface area contributed by atoms with E-state index < -0.39 is 0 Å². The number of carbonyl (C=O) groups excluding carboxylic acids is 2. The molecule has 3 aromatic rings. The highest BCUT2D eigenvalue weighted by Gasteiger charge is 2.16. The van der Waals surface area contributed by atoms with Crippen LogP contribution in [0.5, 0.6) is 5.75 Å². The quantitative estimate of drug-likeness (QED) is 0.517. The molecule has 31 heavy (non-hydrogen) atoms. The maximum atomic E-state index is 12.7. The second-order valence-electron chi connectivity index (χ2n) is 7.41. The SMILES string of the molecule is CCOc1ccc(-c2nc(C)c(C(=O)NCc3ccc(NC(=O)C(C)C)cc3)s2)cc1. The van der Waals surface area contributed by atoms with Crippen LogP contribution in [0.2, 0.25) is 0 Å². The predicted octanol–water partition coefficient (Wildman–Crippen LogP) is 5.04. The summed E-state index contributed by atoms with van der Waals surface area (Å²) >= 11 is 1.38. The van der Waals surface area contributed by atoms with Crippen molar-refractivity contribution in [2.24, 2.45) is 5.92 Å². The Morgan fingerprint density at radius 2 is 1.74 bits per heavy atom. The van der Waals surface area contributed by atoms with Crippen LogP contribution in [0.15, 0.2) is 48.5 Å². The number of hydrogen-bond donors (Lipinski definition) is 2. The summed E-state index contributed by atoms with van der Waals surface area (Å²) in [5.41, 5.74) is 3.35. The monoisotopic (exact) mass is 437 g/mol. The van der Waals surface area contributed by atoms with Crippen molar-refractivity contribution in [2.75, 3.05) is 11.9 Å². The van der Waals surface area contributed by atoms with Crippen LogP contribution in [0.1, 0.15) is 41.7 Å². The number of carbonyl (C=O) groups is 2. The molecule has 0 spiro atoms. The molecule has 0 aliphatic carbocycles. The Hall–Kier alpha value is -3.19. The Kier molecular flexibility index (Phi) is 7.41. The molecule has 2 aromatic carbocycles. The van der Waals surface area contributed by atoms with Crippen LogP contribution in [-0.2, 0) is 11.3 Å². The Labute approximate surface area is 186 Å². The first-order chi connectivity index (χ1) is 14.9. The third kappa shape index (κ3) is 5.92. The maximum Gasteiger partial charge on any atom is 0.263 e. The molecule has 3 rings (SSSR count). The minimum absolute atomic E-state index is 0.0231. The van der Waals surface area contributed by atoms with Crippen LogP contribution < -0.4 is 15.4 Å². The van der Waals surface area contributed by atoms with Gasteiger partial charge in [0.1, 0.15) is 15.6 Å². The van der Waals surface area contributed by atoms with Gasteiger partial charge in [-0.25, -0.2) is 4.98 Å². The fourth-order valence-electron chi connectivity index (χ4n) is 2.85. The average Bonchev–Trinajstić information content (AvgIpc) is 3.15. The highest BCUT2D eigenvalue weighted by atomic mass is 32.1. The van der Waals surface area contributed by atoms with Crippen molar-refractivity contribution in [1.29, 1.82) is 0 Å². The number of amides is 2. The van der Waals surface area contributed by atoms with Gasteiger partial charge in [0, 0.05) is 23.7 Å². The molecule has 0 radical (unpaired) electrons. The zero-order chi connectivity index (χ0) is 22.4. The van der Waals surface area contributed by atoms with E-state index in [1.54, 1.807) is 0 Å². The number of aryl methyl sites for hydroxylation is 1. The molecule has 162 valence electrons. The minimum atomic E-state index is -0.149. The lowest BCUT2D eigenvalue weighted by molar-refractivity contribution is -0.118. The van der Waals surface area contributed by atoms with Gasteiger partial charge in [-0.3, -0.25) is 9.59 Å². The van der Waals surface area contributed by atoms with E-state index in [2.05, 4.69) is 15.6 Å². The van der Waals surface area contributed by atoms with Gasteiger partial charge >= 0.3 is 0 Å². The van der Waals surface area contributed by atoms with E-state index in [1.807, 2.05) is 76.2 Å². The van der Waals surface area contributed by atoms with Crippen LogP contribution in [0.4, 0.5) is 5.69 Å². The summed E-state index contributed by atoms with van der Waals surface area (Å²) < 4.78 is 5.47. The van der Waals surface area contributed by atoms with Gasteiger partial charge in [-0.15, -0.1) is 11.3 Å². The Morgan fingerprint density at radius 1 is 1.06 bits per heavy atom. The highest BCUT2D eigenvalue weighted by molar-refractivity contribution is 7.17. The predicted molar refractivity (Wildman–Crippen MR) is 125 cm³/mol. The van der Waals surface area contributed by atoms with Crippen molar-refractivity contribution in [3.05, 3.63) is 64.7 Å². The maximum absolute atomic E-state index is 12.7. The van der Waals surface area contributed by atoms with Gasteiger partial charge in [0.2, 0.25) is 5.91 Å². The molecule has 6 nitrogen and oxygen atoms in total. The summed E-state index contributed by atoms with van der Waals surface area (Å²) in [6.45, 7) is 8.50. The molecule has 0 atom stereocenters. The molecule has 7 heteroatoms. The molecule has 0 bridgehead atoms. The van der Waals surface area contributed by atoms with Gasteiger partial charge in [-0.1, -0.05) is 26.0 Å². The summed E-state index contributed by atoms with van der Waals surface area (Å²) in [4.78, 5) is 29.6. The van der Waals surface area contributed by atoms with Crippen molar-refractivity contribution in [3.63, 3.8) is 0 Å². The molecule has 0 saturated heterocycles. The summed E-state index contributed by atoms with van der Waals surface area (Å²) in [7, 11) is 0. The molecule has 0 saturated carbocycles. The lowest BCUT2D eigenvalue weighted by atomic mass is 10.1. The van der Waals surface area contributed by atoms with E-state index in [9.17, 15) is 9.59 Å². The smallest absolute Gasteiger partial charge is 0.263 e. The second kappa shape index (κ2) is 10.2. The number of anilines is 1. The fraction of sp³-hybridized carbons (Fsp3) is 0.292. The number of aromatic nitrogens is 1. The first-order valence-electron chi connectivity index (χ1n) is 10.3. The van der Waals surface area contributed by atoms with Crippen molar-refractivity contribution in [2.45, 2.75) is 34.2 Å². The molecule has 1 aromatic heterocycles. The molecule has 0 fully saturated rings. The largest absolute Gasteiger partial charge is 0.494 e. The van der Waals surface area contributed by atoms with Crippen LogP contribution in [0.25, 0.3) is 10.6 Å². The number of hydrogen-bond acceptors (Lipinski definition) is 5. The lowest BCUT2D eigenvalue weighted by Gasteiger charge is -2.09. The fourth-order valence-corrected chi connectivity index (χ4v) is 3.83. The highest BCUT2D eigenvalue weighted by Crippen LogP contribution is 2.29. The van der Waals surface area contributed by atoms with Gasteiger partial charge in [0.15, 0.2) is 0 Å². The molecule has 2 N–H and O–H groups in total. The van der Waals surface area contributed by atoms with Crippen LogP contribution >= 0.6 is 11.3 Å². The lowest BCUT2D eigenvalue weighted by Crippen LogP contribution is -2.22. The third-order valence-electron chi connectivity index (χ3n) is 4.61. The number of rotatable bonds is 8. The van der Waals surface area contributed by atoms with Gasteiger partial charge in [-0.05, 0) is 55.8 Å². The summed E-state index contributed by atoms with van der Waals surface area (Å²) in [6, 6.07) is 15.2. The minimum Gasteiger partial charge on any atom is -0.494 e. The summed E-state index contributed by atoms with van der Waals surface area (Å²) in [5.74, 6) is 0.566. The van der Waals surface area contributed by atoms with E-state index in [1.165, 1.54) is 11.3 Å². The number of benzene rings is 2. The standard InChI is InChI=1S/C24H27N3O3S/c1-5-30-20-12-8-18(9-13-20)24-26-16(4)21(31-24)23(29)25-14-17-6-10-19(11-7-17)27-22(28)15(2)3/h6-13,15H,5,14H2,1-4H3,(H,25,29)(H,27,28). The Morgan fingerprint density at radius 3 is 2.35 bits per heavy atom. The van der Waals surface area contributed by atoms with E-state index in [-0.39, 0.29) is 17.7 Å². The molecule has 0 aliphatic rings. The van der Waals surface area contributed by atoms with Gasteiger partial charge < -0.3 is 15.4 Å². The number of ether oxygens (including phenoxy) is 1. The Bertz CT molecular complexity index is 1040. The molecular formula is C24H27N3O3S. The van der Waals surface area contributed by atoms with Gasteiger partial charge in [0.25, 0.3) is 5.91 Å². The second-order valence-corrected chi connectivity index (χ2v) is 8.41. The van der Waals surface area contributed by atoms with Gasteiger partial charge in [-0.2, -0.15) is 0 Å². The summed E-state index contributed by atoms with van der Waals surface area (Å²) in [5, 5.41) is 6.61. The molecular weight excluding hydrogens is 410 g/mol. The molecule has 0 aliphatic heterocycles. The molecule has 0 unspecified atom stereocenters. The van der Waals surface area contributed by atoms with Crippen molar-refractivity contribution in [3.8, 4) is 16.3 Å². The number of thiazole rings is 1. The summed E-state index contributed by atoms with van der Waals surface area (Å²) in [6.07, 6.45) is 0. The van der Waals surface area contributed by atoms with E-state index in [0.717, 1.165) is 27.6 Å². The first kappa shape index (κ1) is 22.5.